The Bertz CT molecular complexity index is 3030. The van der Waals surface area contributed by atoms with Crippen molar-refractivity contribution in [1.29, 1.82) is 5.41 Å². The van der Waals surface area contributed by atoms with Gasteiger partial charge in [0.25, 0.3) is 0 Å². The fourth-order valence-electron chi connectivity index (χ4n) is 7.26. The summed E-state index contributed by atoms with van der Waals surface area (Å²) in [4.78, 5) is 2.04. The molecule has 1 aliphatic carbocycles. The molecule has 0 unspecified atom stereocenters. The molecule has 0 spiro atoms. The van der Waals surface area contributed by atoms with Crippen LogP contribution in [0.15, 0.2) is 150 Å². The van der Waals surface area contributed by atoms with Gasteiger partial charge in [0.2, 0.25) is 0 Å². The summed E-state index contributed by atoms with van der Waals surface area (Å²) >= 11 is 6.78. The summed E-state index contributed by atoms with van der Waals surface area (Å²) in [5.74, 6) is 0. The van der Waals surface area contributed by atoms with Crippen LogP contribution >= 0.6 is 36.3 Å². The van der Waals surface area contributed by atoms with Crippen molar-refractivity contribution in [2.75, 3.05) is 4.90 Å². The molecule has 52 heavy (non-hydrogen) atoms. The van der Waals surface area contributed by atoms with Gasteiger partial charge in [0, 0.05) is 11.1 Å². The van der Waals surface area contributed by atoms with Crippen LogP contribution in [0.4, 0.5) is 11.4 Å². The molecular weight excluding hydrogens is 699 g/mol. The number of benzene rings is 7. The first-order valence-electron chi connectivity index (χ1n) is 16.6. The Hall–Kier alpha value is -6.07. The minimum atomic E-state index is 0.223. The summed E-state index contributed by atoms with van der Waals surface area (Å²) in [6.07, 6.45) is 4.01. The van der Waals surface area contributed by atoms with Crippen molar-refractivity contribution in [1.82, 2.24) is 17.5 Å². The number of nitrogens with zero attached hydrogens (tertiary/aromatic N) is 6. The Morgan fingerprint density at radius 2 is 1.25 bits per heavy atom. The molecule has 7 aromatic carbocycles. The predicted molar refractivity (Wildman–Crippen MR) is 222 cm³/mol. The number of rotatable bonds is 5. The first-order valence-corrected chi connectivity index (χ1v) is 18.4. The lowest BCUT2D eigenvalue weighted by molar-refractivity contribution is 1.24. The molecule has 10 heteroatoms. The van der Waals surface area contributed by atoms with Crippen LogP contribution in [0.1, 0.15) is 5.56 Å². The van der Waals surface area contributed by atoms with Crippen molar-refractivity contribution in [2.45, 2.75) is 0 Å². The third-order valence-electron chi connectivity index (χ3n) is 9.76. The van der Waals surface area contributed by atoms with E-state index >= 15 is 0 Å². The van der Waals surface area contributed by atoms with Crippen LogP contribution in [-0.4, -0.2) is 28.9 Å². The largest absolute Gasteiger partial charge is 0.304 e. The summed E-state index contributed by atoms with van der Waals surface area (Å²) in [7, 11) is 0. The molecular formula is C42H25N7S3. The summed E-state index contributed by atoms with van der Waals surface area (Å²) in [6, 6.07) is 44.0. The second-order valence-corrected chi connectivity index (χ2v) is 13.8. The molecule has 7 nitrogen and oxygen atoms in total. The molecule has 0 bridgehead atoms. The van der Waals surface area contributed by atoms with Crippen LogP contribution in [0.3, 0.4) is 0 Å². The Labute approximate surface area is 311 Å². The number of anilines is 2. The van der Waals surface area contributed by atoms with Crippen molar-refractivity contribution in [3.05, 3.63) is 151 Å². The number of thiol groups is 1. The van der Waals surface area contributed by atoms with E-state index in [1.165, 1.54) is 27.9 Å². The van der Waals surface area contributed by atoms with E-state index in [-0.39, 0.29) is 5.71 Å². The van der Waals surface area contributed by atoms with Crippen molar-refractivity contribution in [3.63, 3.8) is 0 Å². The summed E-state index contributed by atoms with van der Waals surface area (Å²) in [5, 5.41) is 16.7. The lowest BCUT2D eigenvalue weighted by atomic mass is 9.89. The Morgan fingerprint density at radius 3 is 2.13 bits per heavy atom. The minimum Gasteiger partial charge on any atom is -0.304 e. The number of nitrogens with one attached hydrogen (secondary N) is 1. The number of aromatic nitrogens is 4. The highest BCUT2D eigenvalue weighted by molar-refractivity contribution is 7.79. The zero-order chi connectivity index (χ0) is 34.8. The standard InChI is InChI=1S/C42H25N7S3/c43-38-35(20-18-31(39(38)44-50)29-17-15-26-14-13-25-7-3-4-9-30(25)33(26)23-29)49(36-11-5-10-34-41(36)47-51-45-34)37-21-19-32(40-42(37)48-52-46-40)28-16-12-24-6-1-2-8-27(24)22-28/h1-23,43,50H/b43-38?,44-39-. The maximum atomic E-state index is 9.70. The smallest absolute Gasteiger partial charge is 0.129 e. The molecule has 0 atom stereocenters. The van der Waals surface area contributed by atoms with E-state index in [2.05, 4.69) is 131 Å². The van der Waals surface area contributed by atoms with Crippen LogP contribution < -0.4 is 4.90 Å². The first-order chi connectivity index (χ1) is 25.7. The molecule has 2 aromatic heterocycles. The molecule has 0 fully saturated rings. The van der Waals surface area contributed by atoms with Crippen molar-refractivity contribution in [2.24, 2.45) is 4.40 Å². The molecule has 9 aromatic rings. The van der Waals surface area contributed by atoms with Crippen molar-refractivity contribution < 1.29 is 0 Å². The van der Waals surface area contributed by atoms with E-state index in [0.29, 0.717) is 11.4 Å². The molecule has 0 saturated heterocycles. The van der Waals surface area contributed by atoms with Gasteiger partial charge >= 0.3 is 0 Å². The highest BCUT2D eigenvalue weighted by atomic mass is 32.1. The SMILES string of the molecule is N=C1C(N(c2cccc3nsnc23)c2ccc(-c3ccc4ccccc4c3)c3nsnc23)=CC=C(c2ccc3ccc4ccccc4c3c2)/C1=N/S. The number of allylic oxidation sites excluding steroid dienone is 4. The lowest BCUT2D eigenvalue weighted by Crippen LogP contribution is -2.30. The van der Waals surface area contributed by atoms with Crippen LogP contribution in [-0.2, 0) is 0 Å². The molecule has 1 N–H and O–H groups in total. The van der Waals surface area contributed by atoms with Crippen LogP contribution in [0.25, 0.3) is 71.1 Å². The van der Waals surface area contributed by atoms with E-state index in [4.69, 9.17) is 13.1 Å². The Kier molecular flexibility index (Phi) is 7.27. The maximum absolute atomic E-state index is 9.70. The highest BCUT2D eigenvalue weighted by Gasteiger charge is 2.31. The van der Waals surface area contributed by atoms with Gasteiger partial charge in [0.15, 0.2) is 0 Å². The first kappa shape index (κ1) is 30.7. The molecule has 0 amide bonds. The average molecular weight is 724 g/mol. The molecule has 0 aliphatic heterocycles. The van der Waals surface area contributed by atoms with Gasteiger partial charge in [-0.1, -0.05) is 91.0 Å². The maximum Gasteiger partial charge on any atom is 0.129 e. The van der Waals surface area contributed by atoms with E-state index in [9.17, 15) is 5.41 Å². The van der Waals surface area contributed by atoms with Gasteiger partial charge in [-0.3, -0.25) is 5.41 Å². The van der Waals surface area contributed by atoms with E-state index in [0.717, 1.165) is 83.6 Å². The molecule has 0 saturated carbocycles. The zero-order valence-corrected chi connectivity index (χ0v) is 29.8. The third-order valence-corrected chi connectivity index (χ3v) is 11.0. The van der Waals surface area contributed by atoms with Gasteiger partial charge in [-0.25, -0.2) is 4.40 Å². The normalized spacial score (nSPS) is 14.2. The fourth-order valence-corrected chi connectivity index (χ4v) is 8.58. The van der Waals surface area contributed by atoms with E-state index in [1.54, 1.807) is 0 Å². The summed E-state index contributed by atoms with van der Waals surface area (Å²) in [6.45, 7) is 0. The quantitative estimate of drug-likeness (QED) is 0.105. The monoisotopic (exact) mass is 723 g/mol. The second kappa shape index (κ2) is 12.3. The van der Waals surface area contributed by atoms with Gasteiger partial charge in [-0.2, -0.15) is 17.5 Å². The van der Waals surface area contributed by atoms with Crippen LogP contribution in [0.5, 0.6) is 0 Å². The topological polar surface area (TPSA) is 91.0 Å². The summed E-state index contributed by atoms with van der Waals surface area (Å²) in [5.41, 5.74) is 9.70. The fraction of sp³-hybridized carbons (Fsp3) is 0. The molecule has 10 rings (SSSR count). The van der Waals surface area contributed by atoms with E-state index in [1.807, 2.05) is 35.3 Å². The van der Waals surface area contributed by atoms with Crippen LogP contribution in [0, 0.1) is 5.41 Å². The number of hydrogen-bond acceptors (Lipinski definition) is 10. The van der Waals surface area contributed by atoms with Gasteiger partial charge in [-0.15, -0.1) is 0 Å². The Balaban J connectivity index is 1.16. The number of fused-ring (bicyclic) bond motifs is 6. The Morgan fingerprint density at radius 1 is 0.558 bits per heavy atom. The minimum absolute atomic E-state index is 0.223. The van der Waals surface area contributed by atoms with Crippen molar-refractivity contribution in [3.8, 4) is 11.1 Å². The zero-order valence-electron chi connectivity index (χ0n) is 27.2. The highest BCUT2D eigenvalue weighted by Crippen LogP contribution is 2.43. The second-order valence-electron chi connectivity index (χ2n) is 12.6. The molecule has 1 aliphatic rings. The van der Waals surface area contributed by atoms with Gasteiger partial charge in [0.05, 0.1) is 40.5 Å². The molecule has 0 radical (unpaired) electrons. The van der Waals surface area contributed by atoms with Crippen LogP contribution in [0.2, 0.25) is 0 Å². The van der Waals surface area contributed by atoms with Gasteiger partial charge in [-0.05, 0) is 105 Å². The van der Waals surface area contributed by atoms with Crippen molar-refractivity contribution >= 4 is 119 Å². The third kappa shape index (κ3) is 4.87. The van der Waals surface area contributed by atoms with Gasteiger partial charge < -0.3 is 4.90 Å². The molecule has 2 heterocycles. The molecule has 246 valence electrons. The average Bonchev–Trinajstić information content (AvgIpc) is 3.89. The van der Waals surface area contributed by atoms with E-state index < -0.39 is 0 Å². The summed E-state index contributed by atoms with van der Waals surface area (Å²) < 4.78 is 23.3. The predicted octanol–water partition coefficient (Wildman–Crippen LogP) is 11.2. The number of hydrogen-bond donors (Lipinski definition) is 2. The van der Waals surface area contributed by atoms with Gasteiger partial charge in [0.1, 0.15) is 33.5 Å². The lowest BCUT2D eigenvalue weighted by Gasteiger charge is -2.31.